The Kier molecular flexibility index (Phi) is 45.4. The van der Waals surface area contributed by atoms with Gasteiger partial charge >= 0.3 is 0 Å². The predicted octanol–water partition coefficient (Wildman–Crippen LogP) is 14.1. The van der Waals surface area contributed by atoms with Gasteiger partial charge in [-0.05, 0) is 77.0 Å². The molecule has 0 aliphatic heterocycles. The molecule has 6 nitrogen and oxygen atoms in total. The first-order chi connectivity index (χ1) is 28.5. The first kappa shape index (κ1) is 56.5. The summed E-state index contributed by atoms with van der Waals surface area (Å²) in [5.74, 6) is -0.608. The summed E-state index contributed by atoms with van der Waals surface area (Å²) in [6, 6.07) is -1.01. The fourth-order valence-corrected chi connectivity index (χ4v) is 7.77. The average molecular weight is 818 g/mol. The van der Waals surface area contributed by atoms with E-state index in [1.54, 1.807) is 0 Å². The molecule has 0 saturated carbocycles. The zero-order valence-electron chi connectivity index (χ0n) is 38.5. The molecule has 4 unspecified atom stereocenters. The van der Waals surface area contributed by atoms with Gasteiger partial charge in [0.25, 0.3) is 0 Å². The highest BCUT2D eigenvalue weighted by molar-refractivity contribution is 5.80. The highest BCUT2D eigenvalue weighted by Crippen LogP contribution is 2.16. The number of nitrogens with one attached hydrogen (secondary N) is 1. The lowest BCUT2D eigenvalue weighted by molar-refractivity contribution is -0.132. The van der Waals surface area contributed by atoms with Crippen LogP contribution in [0.3, 0.4) is 0 Å². The molecule has 0 aliphatic carbocycles. The molecular formula is C52H99NO5. The maximum atomic E-state index is 12.5. The Hall–Kier alpha value is -1.47. The van der Waals surface area contributed by atoms with E-state index in [1.807, 2.05) is 0 Å². The van der Waals surface area contributed by atoms with E-state index in [0.29, 0.717) is 19.3 Å². The van der Waals surface area contributed by atoms with Gasteiger partial charge in [0, 0.05) is 0 Å². The van der Waals surface area contributed by atoms with Crippen molar-refractivity contribution in [3.8, 4) is 0 Å². The SMILES string of the molecule is CCCCC/C=C\CCCCCCC(O)C(=O)NC(CO)C(O)C(O)CCC/C=C/CC/C=C/CCCCCCCCCCCCCCCCCCCCCCCC. The van der Waals surface area contributed by atoms with E-state index in [-0.39, 0.29) is 0 Å². The summed E-state index contributed by atoms with van der Waals surface area (Å²) in [7, 11) is 0. The van der Waals surface area contributed by atoms with Crippen LogP contribution in [0.25, 0.3) is 0 Å². The maximum Gasteiger partial charge on any atom is 0.249 e. The molecule has 5 N–H and O–H groups in total. The van der Waals surface area contributed by atoms with Crippen LogP contribution in [-0.2, 0) is 4.79 Å². The predicted molar refractivity (Wildman–Crippen MR) is 251 cm³/mol. The molecule has 0 aromatic rings. The van der Waals surface area contributed by atoms with Gasteiger partial charge in [0.2, 0.25) is 5.91 Å². The Balaban J connectivity index is 3.64. The first-order valence-electron chi connectivity index (χ1n) is 25.4. The highest BCUT2D eigenvalue weighted by Gasteiger charge is 2.28. The third kappa shape index (κ3) is 40.0. The van der Waals surface area contributed by atoms with Gasteiger partial charge in [-0.1, -0.05) is 217 Å². The summed E-state index contributed by atoms with van der Waals surface area (Å²) >= 11 is 0. The van der Waals surface area contributed by atoms with E-state index >= 15 is 0 Å². The number of hydrogen-bond donors (Lipinski definition) is 5. The molecule has 342 valence electrons. The zero-order chi connectivity index (χ0) is 42.4. The second-order valence-corrected chi connectivity index (χ2v) is 17.5. The minimum atomic E-state index is -1.29. The molecule has 1 amide bonds. The number of hydrogen-bond acceptors (Lipinski definition) is 5. The van der Waals surface area contributed by atoms with E-state index in [2.05, 4.69) is 55.6 Å². The molecule has 0 radical (unpaired) electrons. The first-order valence-corrected chi connectivity index (χ1v) is 25.4. The van der Waals surface area contributed by atoms with Gasteiger partial charge in [0.05, 0.1) is 18.8 Å². The smallest absolute Gasteiger partial charge is 0.249 e. The molecule has 0 spiro atoms. The summed E-state index contributed by atoms with van der Waals surface area (Å²) in [6.07, 6.45) is 56.5. The normalized spacial score (nSPS) is 14.2. The average Bonchev–Trinajstić information content (AvgIpc) is 3.23. The van der Waals surface area contributed by atoms with Crippen molar-refractivity contribution in [3.63, 3.8) is 0 Å². The van der Waals surface area contributed by atoms with Gasteiger partial charge in [0.1, 0.15) is 12.2 Å². The lowest BCUT2D eigenvalue weighted by atomic mass is 10.00. The number of carbonyl (C=O) groups excluding carboxylic acids is 1. The topological polar surface area (TPSA) is 110 Å². The van der Waals surface area contributed by atoms with Crippen molar-refractivity contribution < 1.29 is 25.2 Å². The number of allylic oxidation sites excluding steroid dienone is 6. The Morgan fingerprint density at radius 1 is 0.414 bits per heavy atom. The van der Waals surface area contributed by atoms with Crippen molar-refractivity contribution in [1.82, 2.24) is 5.32 Å². The molecule has 58 heavy (non-hydrogen) atoms. The lowest BCUT2D eigenvalue weighted by Crippen LogP contribution is -2.53. The molecule has 0 saturated heterocycles. The van der Waals surface area contributed by atoms with Crippen LogP contribution in [0, 0.1) is 0 Å². The second-order valence-electron chi connectivity index (χ2n) is 17.5. The van der Waals surface area contributed by atoms with Gasteiger partial charge in [-0.3, -0.25) is 4.79 Å². The van der Waals surface area contributed by atoms with Crippen LogP contribution in [0.5, 0.6) is 0 Å². The van der Waals surface area contributed by atoms with Crippen LogP contribution < -0.4 is 5.32 Å². The van der Waals surface area contributed by atoms with Crippen molar-refractivity contribution in [2.75, 3.05) is 6.61 Å². The number of carbonyl (C=O) groups is 1. The van der Waals surface area contributed by atoms with Crippen LogP contribution in [-0.4, -0.2) is 57.3 Å². The van der Waals surface area contributed by atoms with Crippen LogP contribution in [0.15, 0.2) is 36.5 Å². The number of unbranched alkanes of at least 4 members (excludes halogenated alkanes) is 31. The number of rotatable bonds is 46. The molecule has 0 aromatic heterocycles. The van der Waals surface area contributed by atoms with Gasteiger partial charge in [-0.25, -0.2) is 0 Å². The van der Waals surface area contributed by atoms with E-state index in [4.69, 9.17) is 0 Å². The number of aliphatic hydroxyl groups excluding tert-OH is 4. The van der Waals surface area contributed by atoms with Gasteiger partial charge < -0.3 is 25.7 Å². The second kappa shape index (κ2) is 46.6. The summed E-state index contributed by atoms with van der Waals surface area (Å²) < 4.78 is 0. The van der Waals surface area contributed by atoms with Crippen molar-refractivity contribution in [3.05, 3.63) is 36.5 Å². The van der Waals surface area contributed by atoms with E-state index in [0.717, 1.165) is 57.8 Å². The van der Waals surface area contributed by atoms with Gasteiger partial charge in [0.15, 0.2) is 0 Å². The molecule has 0 fully saturated rings. The minimum Gasteiger partial charge on any atom is -0.394 e. The third-order valence-corrected chi connectivity index (χ3v) is 11.8. The minimum absolute atomic E-state index is 0.345. The largest absolute Gasteiger partial charge is 0.394 e. The van der Waals surface area contributed by atoms with Crippen LogP contribution in [0.2, 0.25) is 0 Å². The van der Waals surface area contributed by atoms with E-state index in [9.17, 15) is 25.2 Å². The third-order valence-electron chi connectivity index (χ3n) is 11.8. The van der Waals surface area contributed by atoms with Gasteiger partial charge in [-0.15, -0.1) is 0 Å². The van der Waals surface area contributed by atoms with Crippen molar-refractivity contribution in [1.29, 1.82) is 0 Å². The fourth-order valence-electron chi connectivity index (χ4n) is 7.77. The summed E-state index contributed by atoms with van der Waals surface area (Å²) in [6.45, 7) is 4.01. The summed E-state index contributed by atoms with van der Waals surface area (Å²) in [5.41, 5.74) is 0. The molecule has 0 heterocycles. The van der Waals surface area contributed by atoms with Crippen molar-refractivity contribution in [2.45, 2.75) is 282 Å². The summed E-state index contributed by atoms with van der Waals surface area (Å²) in [5, 5.41) is 43.6. The lowest BCUT2D eigenvalue weighted by Gasteiger charge is -2.27. The maximum absolute atomic E-state index is 12.5. The van der Waals surface area contributed by atoms with Crippen LogP contribution >= 0.6 is 0 Å². The summed E-state index contributed by atoms with van der Waals surface area (Å²) in [4.78, 5) is 12.5. The molecule has 6 heteroatoms. The Bertz CT molecular complexity index is 919. The van der Waals surface area contributed by atoms with Gasteiger partial charge in [-0.2, -0.15) is 0 Å². The Morgan fingerprint density at radius 2 is 0.724 bits per heavy atom. The van der Waals surface area contributed by atoms with Crippen molar-refractivity contribution in [2.24, 2.45) is 0 Å². The van der Waals surface area contributed by atoms with E-state index in [1.165, 1.54) is 167 Å². The molecule has 4 atom stereocenters. The monoisotopic (exact) mass is 818 g/mol. The molecule has 0 rings (SSSR count). The quantitative estimate of drug-likeness (QED) is 0.0310. The molecule has 0 aliphatic rings. The molecular weight excluding hydrogens is 719 g/mol. The fraction of sp³-hybridized carbons (Fsp3) is 0.865. The number of amides is 1. The van der Waals surface area contributed by atoms with E-state index < -0.39 is 36.9 Å². The molecule has 0 bridgehead atoms. The number of aliphatic hydroxyl groups is 4. The highest BCUT2D eigenvalue weighted by atomic mass is 16.3. The van der Waals surface area contributed by atoms with Crippen LogP contribution in [0.4, 0.5) is 0 Å². The van der Waals surface area contributed by atoms with Crippen molar-refractivity contribution >= 4 is 5.91 Å². The Labute approximate surface area is 360 Å². The molecule has 0 aromatic carbocycles. The van der Waals surface area contributed by atoms with Crippen LogP contribution in [0.1, 0.15) is 258 Å². The Morgan fingerprint density at radius 3 is 1.12 bits per heavy atom. The standard InChI is InChI=1S/C52H99NO5/c1-3-5-7-9-11-13-15-16-17-18-19-20-21-22-23-24-25-26-27-28-29-30-31-32-33-34-36-37-39-41-43-45-49(55)51(57)48(47-54)53-52(58)50(56)46-44-42-40-38-35-14-12-10-8-6-4-2/h12,14,32-33,37,39,48-51,54-57H,3-11,13,15-31,34-36,38,40-47H2,1-2H3,(H,53,58)/b14-12-,33-32+,39-37+. The zero-order valence-corrected chi connectivity index (χ0v) is 38.5.